The molecule has 1 amide bonds. The van der Waals surface area contributed by atoms with Crippen LogP contribution in [0.15, 0.2) is 30.6 Å². The van der Waals surface area contributed by atoms with Gasteiger partial charge in [-0.1, -0.05) is 0 Å². The number of hydrogen-bond acceptors (Lipinski definition) is 6. The Morgan fingerprint density at radius 1 is 1.23 bits per heavy atom. The average Bonchev–Trinajstić information content (AvgIpc) is 3.29. The number of carbonyl (C=O) groups excluding carboxylic acids is 1. The fraction of sp³-hybridized carbons (Fsp3) is 0.591. The number of likely N-dealkylation sites (tertiary alicyclic amines) is 1. The molecule has 0 aliphatic carbocycles. The van der Waals surface area contributed by atoms with Crippen LogP contribution in [0.1, 0.15) is 44.8 Å². The van der Waals surface area contributed by atoms with Crippen LogP contribution in [0, 0.1) is 5.92 Å². The molecule has 162 valence electrons. The van der Waals surface area contributed by atoms with Gasteiger partial charge >= 0.3 is 0 Å². The molecule has 0 aromatic carbocycles. The summed E-state index contributed by atoms with van der Waals surface area (Å²) in [4.78, 5) is 18.6. The molecule has 30 heavy (non-hydrogen) atoms. The number of ether oxygens (including phenoxy) is 2. The monoisotopic (exact) mass is 413 g/mol. The summed E-state index contributed by atoms with van der Waals surface area (Å²) >= 11 is 0. The molecular formula is C22H31N5O3. The van der Waals surface area contributed by atoms with E-state index < -0.39 is 0 Å². The zero-order valence-corrected chi connectivity index (χ0v) is 17.4. The molecule has 1 unspecified atom stereocenters. The normalized spacial score (nSPS) is 22.1. The third-order valence-electron chi connectivity index (χ3n) is 5.81. The maximum absolute atomic E-state index is 12.1. The van der Waals surface area contributed by atoms with Gasteiger partial charge in [0, 0.05) is 44.8 Å². The molecule has 8 heteroatoms. The molecule has 2 N–H and O–H groups in total. The van der Waals surface area contributed by atoms with Crippen LogP contribution in [-0.2, 0) is 9.53 Å². The lowest BCUT2D eigenvalue weighted by Gasteiger charge is -2.32. The lowest BCUT2D eigenvalue weighted by atomic mass is 9.98. The molecule has 2 saturated heterocycles. The first-order valence-electron chi connectivity index (χ1n) is 11.0. The highest BCUT2D eigenvalue weighted by Gasteiger charge is 2.24. The van der Waals surface area contributed by atoms with Gasteiger partial charge in [0.15, 0.2) is 6.23 Å². The van der Waals surface area contributed by atoms with E-state index in [1.54, 1.807) is 12.4 Å². The largest absolute Gasteiger partial charge is 0.492 e. The van der Waals surface area contributed by atoms with Gasteiger partial charge in [0.1, 0.15) is 5.75 Å². The van der Waals surface area contributed by atoms with Gasteiger partial charge in [-0.25, -0.2) is 4.68 Å². The first kappa shape index (κ1) is 20.8. The molecule has 2 aliphatic heterocycles. The van der Waals surface area contributed by atoms with E-state index in [9.17, 15) is 4.79 Å². The third kappa shape index (κ3) is 4.99. The summed E-state index contributed by atoms with van der Waals surface area (Å²) in [6.07, 6.45) is 9.27. The minimum atomic E-state index is -0.0160. The minimum Gasteiger partial charge on any atom is -0.492 e. The Morgan fingerprint density at radius 3 is 2.93 bits per heavy atom. The number of nitrogens with two attached hydrogens (primary N) is 1. The predicted octanol–water partition coefficient (Wildman–Crippen LogP) is 2.61. The molecule has 4 rings (SSSR count). The van der Waals surface area contributed by atoms with E-state index in [0.717, 1.165) is 68.9 Å². The third-order valence-corrected chi connectivity index (χ3v) is 5.81. The SMILES string of the molecule is NCCC(=O)N1CCC[C@@H](COc2ccc(-c3ccnn3C3CCCCO3)nc2)C1. The molecule has 2 aromatic heterocycles. The number of pyridine rings is 1. The molecule has 2 aliphatic rings. The molecule has 4 heterocycles. The second-order valence-electron chi connectivity index (χ2n) is 8.06. The van der Waals surface area contributed by atoms with Crippen molar-refractivity contribution in [2.45, 2.75) is 44.8 Å². The smallest absolute Gasteiger partial charge is 0.223 e. The van der Waals surface area contributed by atoms with Crippen LogP contribution in [0.3, 0.4) is 0 Å². The zero-order chi connectivity index (χ0) is 20.8. The van der Waals surface area contributed by atoms with E-state index in [-0.39, 0.29) is 12.1 Å². The number of amides is 1. The fourth-order valence-electron chi connectivity index (χ4n) is 4.20. The average molecular weight is 414 g/mol. The van der Waals surface area contributed by atoms with E-state index in [0.29, 0.717) is 25.5 Å². The van der Waals surface area contributed by atoms with Crippen molar-refractivity contribution in [2.24, 2.45) is 11.7 Å². The van der Waals surface area contributed by atoms with E-state index in [2.05, 4.69) is 10.1 Å². The summed E-state index contributed by atoms with van der Waals surface area (Å²) < 4.78 is 13.8. The summed E-state index contributed by atoms with van der Waals surface area (Å²) in [7, 11) is 0. The maximum Gasteiger partial charge on any atom is 0.223 e. The van der Waals surface area contributed by atoms with Crippen LogP contribution < -0.4 is 10.5 Å². The molecule has 2 fully saturated rings. The van der Waals surface area contributed by atoms with Gasteiger partial charge in [0.05, 0.1) is 24.2 Å². The van der Waals surface area contributed by atoms with Crippen molar-refractivity contribution in [1.82, 2.24) is 19.7 Å². The molecular weight excluding hydrogens is 382 g/mol. The number of piperidine rings is 1. The molecule has 0 saturated carbocycles. The summed E-state index contributed by atoms with van der Waals surface area (Å²) in [6, 6.07) is 5.88. The fourth-order valence-corrected chi connectivity index (χ4v) is 4.20. The van der Waals surface area contributed by atoms with Gasteiger partial charge in [-0.05, 0) is 50.3 Å². The Bertz CT molecular complexity index is 816. The Balaban J connectivity index is 1.33. The van der Waals surface area contributed by atoms with Crippen molar-refractivity contribution in [2.75, 3.05) is 32.8 Å². The highest BCUT2D eigenvalue weighted by molar-refractivity contribution is 5.76. The van der Waals surface area contributed by atoms with Crippen LogP contribution >= 0.6 is 0 Å². The number of hydrogen-bond donors (Lipinski definition) is 1. The summed E-state index contributed by atoms with van der Waals surface area (Å²) in [6.45, 7) is 3.33. The summed E-state index contributed by atoms with van der Waals surface area (Å²) in [5.74, 6) is 1.22. The van der Waals surface area contributed by atoms with Crippen LogP contribution in [0.4, 0.5) is 0 Å². The van der Waals surface area contributed by atoms with Gasteiger partial charge in [-0.2, -0.15) is 5.10 Å². The highest BCUT2D eigenvalue weighted by atomic mass is 16.5. The molecule has 8 nitrogen and oxygen atoms in total. The van der Waals surface area contributed by atoms with Crippen molar-refractivity contribution in [3.8, 4) is 17.1 Å². The lowest BCUT2D eigenvalue weighted by Crippen LogP contribution is -2.42. The van der Waals surface area contributed by atoms with Crippen LogP contribution in [-0.4, -0.2) is 58.4 Å². The minimum absolute atomic E-state index is 0.0160. The zero-order valence-electron chi connectivity index (χ0n) is 17.4. The van der Waals surface area contributed by atoms with Crippen molar-refractivity contribution in [3.05, 3.63) is 30.6 Å². The van der Waals surface area contributed by atoms with Crippen molar-refractivity contribution in [1.29, 1.82) is 0 Å². The second-order valence-corrected chi connectivity index (χ2v) is 8.06. The van der Waals surface area contributed by atoms with Gasteiger partial charge < -0.3 is 20.1 Å². The van der Waals surface area contributed by atoms with E-state index in [1.807, 2.05) is 27.8 Å². The number of rotatable bonds is 7. The maximum atomic E-state index is 12.1. The molecule has 0 radical (unpaired) electrons. The summed E-state index contributed by atoms with van der Waals surface area (Å²) in [5, 5.41) is 4.45. The van der Waals surface area contributed by atoms with Gasteiger partial charge in [-0.15, -0.1) is 0 Å². The Labute approximate surface area is 177 Å². The molecule has 0 spiro atoms. The van der Waals surface area contributed by atoms with Crippen LogP contribution in [0.25, 0.3) is 11.4 Å². The Morgan fingerprint density at radius 2 is 2.17 bits per heavy atom. The van der Waals surface area contributed by atoms with E-state index >= 15 is 0 Å². The van der Waals surface area contributed by atoms with Crippen molar-refractivity contribution < 1.29 is 14.3 Å². The number of nitrogens with zero attached hydrogens (tertiary/aromatic N) is 4. The first-order chi connectivity index (χ1) is 14.7. The van der Waals surface area contributed by atoms with Crippen LogP contribution in [0.2, 0.25) is 0 Å². The van der Waals surface area contributed by atoms with Crippen molar-refractivity contribution >= 4 is 5.91 Å². The predicted molar refractivity (Wildman–Crippen MR) is 113 cm³/mol. The topological polar surface area (TPSA) is 95.5 Å². The number of carbonyl (C=O) groups is 1. The molecule has 0 bridgehead atoms. The van der Waals surface area contributed by atoms with Gasteiger partial charge in [-0.3, -0.25) is 9.78 Å². The Kier molecular flexibility index (Phi) is 6.96. The molecule has 2 aromatic rings. The van der Waals surface area contributed by atoms with E-state index in [4.69, 9.17) is 15.2 Å². The number of aromatic nitrogens is 3. The highest BCUT2D eigenvalue weighted by Crippen LogP contribution is 2.28. The second kappa shape index (κ2) is 10.0. The Hall–Kier alpha value is -2.45. The van der Waals surface area contributed by atoms with Gasteiger partial charge in [0.2, 0.25) is 5.91 Å². The summed E-state index contributed by atoms with van der Waals surface area (Å²) in [5.41, 5.74) is 7.32. The van der Waals surface area contributed by atoms with Gasteiger partial charge in [0.25, 0.3) is 0 Å². The lowest BCUT2D eigenvalue weighted by molar-refractivity contribution is -0.133. The standard InChI is InChI=1S/C22H31N5O3/c23-10-8-21(28)26-12-3-4-17(15-26)16-30-18-6-7-19(24-14-18)20-9-11-25-27(20)22-5-1-2-13-29-22/h6-7,9,11,14,17,22H,1-5,8,10,12-13,15-16,23H2/t17-,22?/m1/s1. The van der Waals surface area contributed by atoms with E-state index in [1.165, 1.54) is 0 Å². The molecule has 2 atom stereocenters. The first-order valence-corrected chi connectivity index (χ1v) is 11.0. The quantitative estimate of drug-likeness (QED) is 0.750. The van der Waals surface area contributed by atoms with Crippen molar-refractivity contribution in [3.63, 3.8) is 0 Å². The van der Waals surface area contributed by atoms with Crippen LogP contribution in [0.5, 0.6) is 5.75 Å².